The van der Waals surface area contributed by atoms with E-state index in [0.29, 0.717) is 24.2 Å². The van der Waals surface area contributed by atoms with E-state index in [4.69, 9.17) is 14.2 Å². The van der Waals surface area contributed by atoms with Crippen LogP contribution in [0.5, 0.6) is 5.75 Å². The first-order chi connectivity index (χ1) is 14.8. The molecule has 1 heterocycles. The van der Waals surface area contributed by atoms with Gasteiger partial charge in [-0.3, -0.25) is 0 Å². The maximum absolute atomic E-state index is 12.3. The number of nitrogens with zero attached hydrogens (tertiary/aromatic N) is 1. The van der Waals surface area contributed by atoms with Gasteiger partial charge in [-0.25, -0.2) is 14.6 Å². The molecule has 0 saturated heterocycles. The van der Waals surface area contributed by atoms with E-state index < -0.39 is 11.9 Å². The molecule has 162 valence electrons. The van der Waals surface area contributed by atoms with E-state index >= 15 is 0 Å². The predicted molar refractivity (Wildman–Crippen MR) is 135 cm³/mol. The van der Waals surface area contributed by atoms with Crippen LogP contribution in [0.2, 0.25) is 0 Å². The van der Waals surface area contributed by atoms with Crippen molar-refractivity contribution in [1.82, 2.24) is 0 Å². The van der Waals surface area contributed by atoms with E-state index in [1.54, 1.807) is 13.0 Å². The molecule has 0 aromatic heterocycles. The Hall–Kier alpha value is -1.95. The van der Waals surface area contributed by atoms with Crippen molar-refractivity contribution in [2.75, 3.05) is 13.2 Å². The molecule has 8 heteroatoms. The molecule has 0 atom stereocenters. The van der Waals surface area contributed by atoms with Crippen LogP contribution in [0.1, 0.15) is 43.4 Å². The number of halogens is 2. The van der Waals surface area contributed by atoms with Crippen LogP contribution in [0, 0.1) is 7.14 Å². The molecule has 0 saturated carbocycles. The van der Waals surface area contributed by atoms with Crippen molar-refractivity contribution < 1.29 is 23.8 Å². The van der Waals surface area contributed by atoms with E-state index in [9.17, 15) is 9.59 Å². The quantitative estimate of drug-likeness (QED) is 0.232. The van der Waals surface area contributed by atoms with Gasteiger partial charge in [-0.15, -0.1) is 0 Å². The summed E-state index contributed by atoms with van der Waals surface area (Å²) in [6, 6.07) is 11.6. The molecular weight excluding hydrogens is 624 g/mol. The standard InChI is InChI=1S/C23H21I2NO5/c1-4-29-20(27)12-30-21-17(24)9-14(10-18(21)25)11-19-23(28)31-22(26-19)16-7-5-15(6-8-16)13(2)3/h5-11,13H,4,12H2,1-3H3/b19-11-. The Labute approximate surface area is 208 Å². The lowest BCUT2D eigenvalue weighted by Crippen LogP contribution is -2.15. The van der Waals surface area contributed by atoms with Crippen molar-refractivity contribution in [3.63, 3.8) is 0 Å². The van der Waals surface area contributed by atoms with Crippen LogP contribution in [0.25, 0.3) is 6.08 Å². The van der Waals surface area contributed by atoms with Gasteiger partial charge < -0.3 is 14.2 Å². The minimum Gasteiger partial charge on any atom is -0.480 e. The van der Waals surface area contributed by atoms with Gasteiger partial charge in [0.2, 0.25) is 5.90 Å². The molecule has 0 unspecified atom stereocenters. The summed E-state index contributed by atoms with van der Waals surface area (Å²) in [5.41, 5.74) is 2.98. The Morgan fingerprint density at radius 2 is 1.81 bits per heavy atom. The van der Waals surface area contributed by atoms with Crippen molar-refractivity contribution >= 4 is 69.1 Å². The van der Waals surface area contributed by atoms with Crippen molar-refractivity contribution in [2.45, 2.75) is 26.7 Å². The number of ether oxygens (including phenoxy) is 3. The van der Waals surface area contributed by atoms with Gasteiger partial charge >= 0.3 is 11.9 Å². The Morgan fingerprint density at radius 1 is 1.16 bits per heavy atom. The predicted octanol–water partition coefficient (Wildman–Crippen LogP) is 5.31. The molecule has 0 amide bonds. The maximum atomic E-state index is 12.3. The van der Waals surface area contributed by atoms with Crippen molar-refractivity contribution in [2.24, 2.45) is 4.99 Å². The summed E-state index contributed by atoms with van der Waals surface area (Å²) in [4.78, 5) is 28.3. The molecule has 1 aliphatic heterocycles. The minimum absolute atomic E-state index is 0.157. The SMILES string of the molecule is CCOC(=O)COc1c(I)cc(/C=C2\N=C(c3ccc(C(C)C)cc3)OC2=O)cc1I. The van der Waals surface area contributed by atoms with Gasteiger partial charge in [0.1, 0.15) is 5.75 Å². The third kappa shape index (κ3) is 6.06. The van der Waals surface area contributed by atoms with Crippen molar-refractivity contribution in [3.05, 3.63) is 65.9 Å². The van der Waals surface area contributed by atoms with Crippen LogP contribution in [0.15, 0.2) is 47.1 Å². The molecule has 2 aromatic carbocycles. The van der Waals surface area contributed by atoms with Crippen molar-refractivity contribution in [3.8, 4) is 5.75 Å². The van der Waals surface area contributed by atoms with E-state index in [0.717, 1.165) is 18.3 Å². The second-order valence-corrected chi connectivity index (χ2v) is 9.34. The molecule has 0 bridgehead atoms. The lowest BCUT2D eigenvalue weighted by molar-refractivity contribution is -0.145. The van der Waals surface area contributed by atoms with Gasteiger partial charge in [-0.2, -0.15) is 0 Å². The van der Waals surface area contributed by atoms with E-state index in [2.05, 4.69) is 64.0 Å². The molecule has 3 rings (SSSR count). The first kappa shape index (κ1) is 23.7. The highest BCUT2D eigenvalue weighted by Crippen LogP contribution is 2.30. The highest BCUT2D eigenvalue weighted by Gasteiger charge is 2.24. The van der Waals surface area contributed by atoms with Gasteiger partial charge in [-0.05, 0) is 99.5 Å². The molecule has 0 fully saturated rings. The average molecular weight is 645 g/mol. The number of esters is 2. The van der Waals surface area contributed by atoms with E-state index in [1.165, 1.54) is 5.56 Å². The second-order valence-electron chi connectivity index (χ2n) is 7.02. The topological polar surface area (TPSA) is 74.2 Å². The summed E-state index contributed by atoms with van der Waals surface area (Å²) in [6.07, 6.45) is 1.68. The fraction of sp³-hybridized carbons (Fsp3) is 0.261. The number of aliphatic imine (C=N–C) groups is 1. The number of hydrogen-bond acceptors (Lipinski definition) is 6. The molecule has 0 N–H and O–H groups in total. The molecule has 2 aromatic rings. The van der Waals surface area contributed by atoms with Crippen molar-refractivity contribution in [1.29, 1.82) is 0 Å². The molecule has 0 spiro atoms. The largest absolute Gasteiger partial charge is 0.480 e. The van der Waals surface area contributed by atoms with E-state index in [1.807, 2.05) is 36.4 Å². The smallest absolute Gasteiger partial charge is 0.363 e. The summed E-state index contributed by atoms with van der Waals surface area (Å²) in [6.45, 7) is 6.15. The summed E-state index contributed by atoms with van der Waals surface area (Å²) in [7, 11) is 0. The Balaban J connectivity index is 1.80. The number of benzene rings is 2. The first-order valence-corrected chi connectivity index (χ1v) is 11.8. The Morgan fingerprint density at radius 3 is 2.39 bits per heavy atom. The normalized spacial score (nSPS) is 14.6. The summed E-state index contributed by atoms with van der Waals surface area (Å²) in [5, 5.41) is 0. The van der Waals surface area contributed by atoms with Crippen LogP contribution in [-0.2, 0) is 19.1 Å². The number of rotatable bonds is 7. The molecule has 31 heavy (non-hydrogen) atoms. The van der Waals surface area contributed by atoms with Crippen LogP contribution < -0.4 is 4.74 Å². The van der Waals surface area contributed by atoms with Gasteiger partial charge in [0.15, 0.2) is 12.3 Å². The van der Waals surface area contributed by atoms with Gasteiger partial charge in [0.25, 0.3) is 0 Å². The number of carbonyl (C=O) groups excluding carboxylic acids is 2. The van der Waals surface area contributed by atoms with E-state index in [-0.39, 0.29) is 12.3 Å². The minimum atomic E-state index is -0.490. The van der Waals surface area contributed by atoms with Gasteiger partial charge in [0.05, 0.1) is 13.7 Å². The number of cyclic esters (lactones) is 1. The summed E-state index contributed by atoms with van der Waals surface area (Å²) in [5.74, 6) is 0.407. The second kappa shape index (κ2) is 10.6. The highest BCUT2D eigenvalue weighted by molar-refractivity contribution is 14.1. The summed E-state index contributed by atoms with van der Waals surface area (Å²) < 4.78 is 17.5. The van der Waals surface area contributed by atoms with Crippen LogP contribution in [-0.4, -0.2) is 31.1 Å². The Bertz CT molecular complexity index is 1040. The third-order valence-corrected chi connectivity index (χ3v) is 6.01. The fourth-order valence-corrected chi connectivity index (χ4v) is 4.96. The first-order valence-electron chi connectivity index (χ1n) is 9.68. The zero-order valence-corrected chi connectivity index (χ0v) is 21.6. The molecular formula is C23H21I2NO5. The average Bonchev–Trinajstić information content (AvgIpc) is 3.08. The van der Waals surface area contributed by atoms with Gasteiger partial charge in [-0.1, -0.05) is 26.0 Å². The van der Waals surface area contributed by atoms with Crippen LogP contribution in [0.3, 0.4) is 0 Å². The lowest BCUT2D eigenvalue weighted by atomic mass is 10.0. The van der Waals surface area contributed by atoms with Gasteiger partial charge in [0, 0.05) is 5.56 Å². The molecule has 0 radical (unpaired) electrons. The number of carbonyl (C=O) groups is 2. The zero-order chi connectivity index (χ0) is 22.5. The molecule has 1 aliphatic rings. The zero-order valence-electron chi connectivity index (χ0n) is 17.3. The van der Waals surface area contributed by atoms with Crippen LogP contribution >= 0.6 is 45.2 Å². The number of hydrogen-bond donors (Lipinski definition) is 0. The monoisotopic (exact) mass is 645 g/mol. The maximum Gasteiger partial charge on any atom is 0.363 e. The van der Waals surface area contributed by atoms with Crippen LogP contribution in [0.4, 0.5) is 0 Å². The lowest BCUT2D eigenvalue weighted by Gasteiger charge is -2.11. The Kier molecular flexibility index (Phi) is 8.09. The highest BCUT2D eigenvalue weighted by atomic mass is 127. The molecule has 0 aliphatic carbocycles. The summed E-state index contributed by atoms with van der Waals surface area (Å²) >= 11 is 4.26. The fourth-order valence-electron chi connectivity index (χ4n) is 2.84. The third-order valence-electron chi connectivity index (χ3n) is 4.41. The molecule has 6 nitrogen and oxygen atoms in total.